The second kappa shape index (κ2) is 6.12. The second-order valence-corrected chi connectivity index (χ2v) is 5.97. The van der Waals surface area contributed by atoms with Crippen molar-refractivity contribution in [2.75, 3.05) is 52.6 Å². The molecule has 0 radical (unpaired) electrons. The predicted molar refractivity (Wildman–Crippen MR) is 70.1 cm³/mol. The maximum absolute atomic E-state index is 5.50. The van der Waals surface area contributed by atoms with Crippen LogP contribution in [0.25, 0.3) is 0 Å². The lowest BCUT2D eigenvalue weighted by Gasteiger charge is -2.36. The van der Waals surface area contributed by atoms with E-state index in [1.54, 1.807) is 9.80 Å². The van der Waals surface area contributed by atoms with Gasteiger partial charge in [-0.1, -0.05) is 6.07 Å². The molecule has 3 rings (SSSR count). The molecular formula is C13H22N2O2S+2. The van der Waals surface area contributed by atoms with Gasteiger partial charge in [-0.15, -0.1) is 11.3 Å². The fourth-order valence-corrected chi connectivity index (χ4v) is 3.93. The molecule has 1 aromatic rings. The van der Waals surface area contributed by atoms with Crippen LogP contribution in [0.4, 0.5) is 0 Å². The van der Waals surface area contributed by atoms with Crippen molar-refractivity contribution in [2.24, 2.45) is 0 Å². The molecule has 3 heterocycles. The van der Waals surface area contributed by atoms with Gasteiger partial charge in [0.05, 0.1) is 26.4 Å². The lowest BCUT2D eigenvalue weighted by atomic mass is 10.2. The van der Waals surface area contributed by atoms with Crippen molar-refractivity contribution in [1.82, 2.24) is 0 Å². The molecule has 1 aromatic heterocycles. The van der Waals surface area contributed by atoms with Gasteiger partial charge >= 0.3 is 0 Å². The van der Waals surface area contributed by atoms with Gasteiger partial charge in [-0.2, -0.15) is 0 Å². The van der Waals surface area contributed by atoms with Crippen LogP contribution < -0.4 is 9.80 Å². The van der Waals surface area contributed by atoms with Crippen molar-refractivity contribution in [2.45, 2.75) is 6.17 Å². The minimum absolute atomic E-state index is 0.581. The van der Waals surface area contributed by atoms with E-state index in [1.165, 1.54) is 4.88 Å². The number of nitrogens with one attached hydrogen (secondary N) is 2. The number of quaternary nitrogens is 2. The topological polar surface area (TPSA) is 27.3 Å². The summed E-state index contributed by atoms with van der Waals surface area (Å²) < 4.78 is 11.0. The van der Waals surface area contributed by atoms with Gasteiger partial charge in [-0.25, -0.2) is 0 Å². The van der Waals surface area contributed by atoms with Crippen LogP contribution in [0.2, 0.25) is 0 Å². The zero-order valence-electron chi connectivity index (χ0n) is 10.7. The third kappa shape index (κ3) is 2.75. The number of ether oxygens (including phenoxy) is 2. The Morgan fingerprint density at radius 2 is 1.50 bits per heavy atom. The van der Waals surface area contributed by atoms with Crippen molar-refractivity contribution in [3.63, 3.8) is 0 Å². The van der Waals surface area contributed by atoms with Gasteiger partial charge in [0.25, 0.3) is 0 Å². The Kier molecular flexibility index (Phi) is 4.28. The van der Waals surface area contributed by atoms with E-state index >= 15 is 0 Å². The first-order valence-corrected chi connectivity index (χ1v) is 7.71. The number of thiophene rings is 1. The molecule has 0 saturated carbocycles. The van der Waals surface area contributed by atoms with Crippen molar-refractivity contribution in [3.8, 4) is 0 Å². The van der Waals surface area contributed by atoms with Crippen molar-refractivity contribution < 1.29 is 19.3 Å². The van der Waals surface area contributed by atoms with Crippen molar-refractivity contribution in [3.05, 3.63) is 22.4 Å². The average Bonchev–Trinajstić information content (AvgIpc) is 2.95. The first-order chi connectivity index (χ1) is 8.95. The fourth-order valence-electron chi connectivity index (χ4n) is 2.99. The minimum Gasteiger partial charge on any atom is -0.370 e. The Bertz CT molecular complexity index is 328. The Balaban J connectivity index is 1.78. The highest BCUT2D eigenvalue weighted by molar-refractivity contribution is 7.09. The molecular weight excluding hydrogens is 248 g/mol. The highest BCUT2D eigenvalue weighted by Gasteiger charge is 2.36. The molecule has 2 saturated heterocycles. The SMILES string of the molecule is c1csc(C([NH+]2CCOCC2)[NH+]2CCOCC2)c1. The summed E-state index contributed by atoms with van der Waals surface area (Å²) in [4.78, 5) is 4.88. The zero-order valence-corrected chi connectivity index (χ0v) is 11.5. The van der Waals surface area contributed by atoms with Gasteiger partial charge in [-0.3, -0.25) is 9.80 Å². The van der Waals surface area contributed by atoms with Gasteiger partial charge < -0.3 is 9.47 Å². The number of rotatable bonds is 3. The first kappa shape index (κ1) is 12.6. The molecule has 2 aliphatic rings. The molecule has 0 atom stereocenters. The summed E-state index contributed by atoms with van der Waals surface area (Å²) in [5, 5.41) is 2.20. The van der Waals surface area contributed by atoms with E-state index in [1.807, 2.05) is 11.3 Å². The molecule has 5 heteroatoms. The van der Waals surface area contributed by atoms with Gasteiger partial charge in [0.2, 0.25) is 6.17 Å². The lowest BCUT2D eigenvalue weighted by Crippen LogP contribution is -3.32. The van der Waals surface area contributed by atoms with Crippen LogP contribution in [-0.2, 0) is 9.47 Å². The molecule has 0 unspecified atom stereocenters. The summed E-state index contributed by atoms with van der Waals surface area (Å²) in [6.45, 7) is 8.14. The Morgan fingerprint density at radius 1 is 0.944 bits per heavy atom. The van der Waals surface area contributed by atoms with E-state index in [0.29, 0.717) is 6.17 Å². The summed E-state index contributed by atoms with van der Waals surface area (Å²) in [5.74, 6) is 0. The Hall–Kier alpha value is -0.460. The Labute approximate surface area is 112 Å². The van der Waals surface area contributed by atoms with Crippen LogP contribution in [0.3, 0.4) is 0 Å². The zero-order chi connectivity index (χ0) is 12.2. The number of morpholine rings is 2. The molecule has 0 aromatic carbocycles. The van der Waals surface area contributed by atoms with Crippen LogP contribution >= 0.6 is 11.3 Å². The normalized spacial score (nSPS) is 23.6. The van der Waals surface area contributed by atoms with E-state index in [-0.39, 0.29) is 0 Å². The number of hydrogen-bond donors (Lipinski definition) is 2. The lowest BCUT2D eigenvalue weighted by molar-refractivity contribution is -1.13. The maximum atomic E-state index is 5.50. The van der Waals surface area contributed by atoms with Crippen LogP contribution in [0, 0.1) is 0 Å². The largest absolute Gasteiger partial charge is 0.370 e. The Morgan fingerprint density at radius 3 is 1.94 bits per heavy atom. The summed E-state index contributed by atoms with van der Waals surface area (Å²) in [6.07, 6.45) is 0.581. The molecule has 100 valence electrons. The molecule has 2 aliphatic heterocycles. The smallest absolute Gasteiger partial charge is 0.249 e. The molecule has 2 fully saturated rings. The van der Waals surface area contributed by atoms with E-state index < -0.39 is 0 Å². The van der Waals surface area contributed by atoms with E-state index in [0.717, 1.165) is 52.6 Å². The summed E-state index contributed by atoms with van der Waals surface area (Å²) in [5.41, 5.74) is 0. The average molecular weight is 270 g/mol. The summed E-state index contributed by atoms with van der Waals surface area (Å²) in [7, 11) is 0. The predicted octanol–water partition coefficient (Wildman–Crippen LogP) is -1.42. The van der Waals surface area contributed by atoms with Crippen molar-refractivity contribution in [1.29, 1.82) is 0 Å². The molecule has 4 nitrogen and oxygen atoms in total. The molecule has 0 aliphatic carbocycles. The highest BCUT2D eigenvalue weighted by atomic mass is 32.1. The molecule has 0 bridgehead atoms. The fraction of sp³-hybridized carbons (Fsp3) is 0.692. The van der Waals surface area contributed by atoms with Crippen LogP contribution in [0.15, 0.2) is 17.5 Å². The summed E-state index contributed by atoms with van der Waals surface area (Å²) in [6, 6.07) is 4.47. The van der Waals surface area contributed by atoms with Gasteiger partial charge in [-0.05, 0) is 11.4 Å². The minimum atomic E-state index is 0.581. The van der Waals surface area contributed by atoms with E-state index in [2.05, 4.69) is 17.5 Å². The first-order valence-electron chi connectivity index (χ1n) is 6.83. The van der Waals surface area contributed by atoms with Gasteiger partial charge in [0.1, 0.15) is 31.1 Å². The van der Waals surface area contributed by atoms with Crippen LogP contribution in [0.5, 0.6) is 0 Å². The maximum Gasteiger partial charge on any atom is 0.249 e. The van der Waals surface area contributed by atoms with Crippen molar-refractivity contribution >= 4 is 11.3 Å². The second-order valence-electron chi connectivity index (χ2n) is 4.99. The standard InChI is InChI=1S/C13H20N2O2S/c1-2-12(18-11-1)13(14-3-7-16-8-4-14)15-5-9-17-10-6-15/h1-2,11,13H,3-10H2/p+2. The van der Waals surface area contributed by atoms with Gasteiger partial charge in [0, 0.05) is 0 Å². The van der Waals surface area contributed by atoms with Crippen LogP contribution in [-0.4, -0.2) is 52.6 Å². The van der Waals surface area contributed by atoms with Crippen LogP contribution in [0.1, 0.15) is 11.0 Å². The quantitative estimate of drug-likeness (QED) is 0.705. The molecule has 0 spiro atoms. The van der Waals surface area contributed by atoms with E-state index in [9.17, 15) is 0 Å². The number of hydrogen-bond acceptors (Lipinski definition) is 3. The molecule has 18 heavy (non-hydrogen) atoms. The van der Waals surface area contributed by atoms with Gasteiger partial charge in [0.15, 0.2) is 0 Å². The molecule has 0 amide bonds. The monoisotopic (exact) mass is 270 g/mol. The summed E-state index contributed by atoms with van der Waals surface area (Å²) >= 11 is 1.90. The molecule has 2 N–H and O–H groups in total. The highest BCUT2D eigenvalue weighted by Crippen LogP contribution is 2.12. The van der Waals surface area contributed by atoms with E-state index in [4.69, 9.17) is 9.47 Å². The third-order valence-corrected chi connectivity index (χ3v) is 4.85. The third-order valence-electron chi connectivity index (χ3n) is 3.91.